The van der Waals surface area contributed by atoms with E-state index in [4.69, 9.17) is 22.6 Å². The van der Waals surface area contributed by atoms with Gasteiger partial charge in [0.05, 0.1) is 11.6 Å². The van der Waals surface area contributed by atoms with Gasteiger partial charge < -0.3 is 5.73 Å². The molecule has 0 atom stereocenters. The van der Waals surface area contributed by atoms with E-state index in [2.05, 4.69) is 23.1 Å². The Morgan fingerprint density at radius 2 is 1.86 bits per heavy atom. The molecule has 2 aromatic carbocycles. The molecular weight excluding hydrogens is 282 g/mol. The third-order valence-electron chi connectivity index (χ3n) is 3.27. The van der Waals surface area contributed by atoms with Crippen molar-refractivity contribution in [1.82, 2.24) is 4.90 Å². The van der Waals surface area contributed by atoms with E-state index in [1.54, 1.807) is 12.1 Å². The molecule has 2 rings (SSSR count). The zero-order valence-electron chi connectivity index (χ0n) is 11.8. The number of halogens is 1. The van der Waals surface area contributed by atoms with Crippen molar-refractivity contribution < 1.29 is 0 Å². The minimum Gasteiger partial charge on any atom is -0.329 e. The van der Waals surface area contributed by atoms with Crippen LogP contribution in [0.5, 0.6) is 0 Å². The van der Waals surface area contributed by atoms with Crippen molar-refractivity contribution in [3.8, 4) is 6.07 Å². The third kappa shape index (κ3) is 4.57. The summed E-state index contributed by atoms with van der Waals surface area (Å²) in [6, 6.07) is 17.8. The van der Waals surface area contributed by atoms with Crippen LogP contribution in [-0.4, -0.2) is 18.0 Å². The van der Waals surface area contributed by atoms with Gasteiger partial charge in [0.25, 0.3) is 0 Å². The number of nitrogens with two attached hydrogens (primary N) is 1. The van der Waals surface area contributed by atoms with E-state index in [9.17, 15) is 0 Å². The summed E-state index contributed by atoms with van der Waals surface area (Å²) in [5.74, 6) is 0. The first kappa shape index (κ1) is 15.5. The smallest absolute Gasteiger partial charge is 0.0992 e. The molecule has 2 aromatic rings. The quantitative estimate of drug-likeness (QED) is 0.891. The molecule has 0 heterocycles. The van der Waals surface area contributed by atoms with E-state index >= 15 is 0 Å². The van der Waals surface area contributed by atoms with E-state index in [-0.39, 0.29) is 0 Å². The fraction of sp³-hybridized carbons (Fsp3) is 0.235. The van der Waals surface area contributed by atoms with Crippen LogP contribution in [0.4, 0.5) is 0 Å². The van der Waals surface area contributed by atoms with Crippen molar-refractivity contribution in [3.63, 3.8) is 0 Å². The van der Waals surface area contributed by atoms with E-state index in [0.717, 1.165) is 25.2 Å². The highest BCUT2D eigenvalue weighted by Gasteiger charge is 2.09. The lowest BCUT2D eigenvalue weighted by Crippen LogP contribution is -2.28. The molecule has 0 radical (unpaired) electrons. The average molecular weight is 300 g/mol. The maximum absolute atomic E-state index is 8.88. The monoisotopic (exact) mass is 299 g/mol. The van der Waals surface area contributed by atoms with Gasteiger partial charge in [-0.2, -0.15) is 5.26 Å². The molecule has 4 heteroatoms. The van der Waals surface area contributed by atoms with Gasteiger partial charge in [-0.25, -0.2) is 0 Å². The van der Waals surface area contributed by atoms with Crippen molar-refractivity contribution >= 4 is 11.6 Å². The molecular formula is C17H18ClN3. The minimum atomic E-state index is 0.581. The summed E-state index contributed by atoms with van der Waals surface area (Å²) in [7, 11) is 0. The maximum Gasteiger partial charge on any atom is 0.0992 e. The lowest BCUT2D eigenvalue weighted by molar-refractivity contribution is 0.264. The van der Waals surface area contributed by atoms with Crippen molar-refractivity contribution in [2.75, 3.05) is 13.1 Å². The van der Waals surface area contributed by atoms with Crippen LogP contribution in [0.1, 0.15) is 16.7 Å². The van der Waals surface area contributed by atoms with E-state index in [1.165, 1.54) is 5.56 Å². The highest BCUT2D eigenvalue weighted by molar-refractivity contribution is 6.31. The Bertz CT molecular complexity index is 620. The lowest BCUT2D eigenvalue weighted by Gasteiger charge is -2.22. The van der Waals surface area contributed by atoms with Crippen LogP contribution < -0.4 is 5.73 Å². The average Bonchev–Trinajstić information content (AvgIpc) is 2.50. The Morgan fingerprint density at radius 1 is 1.10 bits per heavy atom. The van der Waals surface area contributed by atoms with Crippen molar-refractivity contribution in [2.24, 2.45) is 5.73 Å². The predicted octanol–water partition coefficient (Wildman–Crippen LogP) is 3.17. The summed E-state index contributed by atoms with van der Waals surface area (Å²) in [6.07, 6.45) is 0. The first-order valence-corrected chi connectivity index (χ1v) is 7.25. The zero-order chi connectivity index (χ0) is 15.1. The molecule has 0 fully saturated rings. The van der Waals surface area contributed by atoms with Gasteiger partial charge >= 0.3 is 0 Å². The number of hydrogen-bond acceptors (Lipinski definition) is 3. The van der Waals surface area contributed by atoms with Gasteiger partial charge in [0.15, 0.2) is 0 Å². The Hall–Kier alpha value is -1.86. The van der Waals surface area contributed by atoms with Crippen LogP contribution in [0.3, 0.4) is 0 Å². The summed E-state index contributed by atoms with van der Waals surface area (Å²) >= 11 is 6.25. The molecule has 21 heavy (non-hydrogen) atoms. The number of rotatable bonds is 6. The largest absolute Gasteiger partial charge is 0.329 e. The van der Waals surface area contributed by atoms with Gasteiger partial charge in [-0.15, -0.1) is 0 Å². The van der Waals surface area contributed by atoms with Crippen LogP contribution in [0.2, 0.25) is 5.02 Å². The predicted molar refractivity (Wildman–Crippen MR) is 85.8 cm³/mol. The number of benzene rings is 2. The van der Waals surface area contributed by atoms with Crippen LogP contribution >= 0.6 is 11.6 Å². The van der Waals surface area contributed by atoms with E-state index in [0.29, 0.717) is 17.1 Å². The van der Waals surface area contributed by atoms with Gasteiger partial charge in [0.1, 0.15) is 0 Å². The van der Waals surface area contributed by atoms with Crippen LogP contribution in [0.15, 0.2) is 48.5 Å². The molecule has 0 aliphatic heterocycles. The van der Waals surface area contributed by atoms with Crippen LogP contribution in [0.25, 0.3) is 0 Å². The molecule has 0 spiro atoms. The van der Waals surface area contributed by atoms with Crippen molar-refractivity contribution in [2.45, 2.75) is 13.1 Å². The zero-order valence-corrected chi connectivity index (χ0v) is 12.6. The molecule has 2 N–H and O–H groups in total. The summed E-state index contributed by atoms with van der Waals surface area (Å²) in [4.78, 5) is 2.25. The number of nitriles is 1. The second kappa shape index (κ2) is 7.80. The van der Waals surface area contributed by atoms with Crippen LogP contribution in [0, 0.1) is 11.3 Å². The van der Waals surface area contributed by atoms with Gasteiger partial charge in [0.2, 0.25) is 0 Å². The molecule has 0 saturated heterocycles. The lowest BCUT2D eigenvalue weighted by atomic mass is 10.1. The van der Waals surface area contributed by atoms with Gasteiger partial charge in [-0.3, -0.25) is 4.90 Å². The highest BCUT2D eigenvalue weighted by Crippen LogP contribution is 2.20. The van der Waals surface area contributed by atoms with Gasteiger partial charge in [0, 0.05) is 31.2 Å². The Kier molecular flexibility index (Phi) is 5.77. The summed E-state index contributed by atoms with van der Waals surface area (Å²) in [6.45, 7) is 2.94. The molecule has 0 saturated carbocycles. The second-order valence-corrected chi connectivity index (χ2v) is 5.31. The maximum atomic E-state index is 8.88. The highest BCUT2D eigenvalue weighted by atomic mass is 35.5. The number of hydrogen-bond donors (Lipinski definition) is 1. The second-order valence-electron chi connectivity index (χ2n) is 4.90. The van der Waals surface area contributed by atoms with Gasteiger partial charge in [-0.1, -0.05) is 48.0 Å². The molecule has 0 unspecified atom stereocenters. The molecule has 0 aliphatic rings. The fourth-order valence-electron chi connectivity index (χ4n) is 2.22. The molecule has 0 aliphatic carbocycles. The molecule has 108 valence electrons. The topological polar surface area (TPSA) is 53.0 Å². The van der Waals surface area contributed by atoms with Crippen molar-refractivity contribution in [1.29, 1.82) is 5.26 Å². The molecule has 3 nitrogen and oxygen atoms in total. The normalized spacial score (nSPS) is 10.6. The fourth-order valence-corrected chi connectivity index (χ4v) is 2.46. The first-order valence-electron chi connectivity index (χ1n) is 6.88. The summed E-state index contributed by atoms with van der Waals surface area (Å²) in [5.41, 5.74) is 8.54. The Labute approximate surface area is 130 Å². The first-order chi connectivity index (χ1) is 10.2. The van der Waals surface area contributed by atoms with Gasteiger partial charge in [-0.05, 0) is 23.3 Å². The standard InChI is InChI=1S/C17H18ClN3/c18-17-10-15(11-20)6-7-16(17)13-21(9-8-19)12-14-4-2-1-3-5-14/h1-7,10H,8-9,12-13,19H2. The SMILES string of the molecule is N#Cc1ccc(CN(CCN)Cc2ccccc2)c(Cl)c1. The Balaban J connectivity index is 2.11. The summed E-state index contributed by atoms with van der Waals surface area (Å²) < 4.78 is 0. The minimum absolute atomic E-state index is 0.581. The van der Waals surface area contributed by atoms with Crippen LogP contribution in [-0.2, 0) is 13.1 Å². The summed E-state index contributed by atoms with van der Waals surface area (Å²) in [5, 5.41) is 9.51. The third-order valence-corrected chi connectivity index (χ3v) is 3.62. The van der Waals surface area contributed by atoms with Crippen molar-refractivity contribution in [3.05, 3.63) is 70.2 Å². The Morgan fingerprint density at radius 3 is 2.48 bits per heavy atom. The molecule has 0 bridgehead atoms. The molecule has 0 amide bonds. The number of nitrogens with zero attached hydrogens (tertiary/aromatic N) is 2. The van der Waals surface area contributed by atoms with E-state index in [1.807, 2.05) is 24.3 Å². The molecule has 0 aromatic heterocycles. The van der Waals surface area contributed by atoms with E-state index < -0.39 is 0 Å².